The standard InChI is InChI=1S/C31H31N3O6/c1-18-14-28(36)40-27-15-21(10-11-22(18)27)39-17-20(35)16-32-34-30(37)24-9-5-8-23-26(33-19-6-3-2-4-7-19)13-12-25(29(23)24)31(34)38/h5,8-15,19-20,32-33,35H,2-4,6-7,16-17H2,1H3. The summed E-state index contributed by atoms with van der Waals surface area (Å²) in [6.45, 7) is 1.63. The molecular weight excluding hydrogens is 510 g/mol. The summed E-state index contributed by atoms with van der Waals surface area (Å²) in [4.78, 5) is 38.4. The van der Waals surface area contributed by atoms with Crippen molar-refractivity contribution in [3.63, 3.8) is 0 Å². The molecule has 1 aliphatic heterocycles. The van der Waals surface area contributed by atoms with Gasteiger partial charge in [0.25, 0.3) is 11.8 Å². The normalized spacial score (nSPS) is 16.5. The van der Waals surface area contributed by atoms with Crippen LogP contribution in [-0.4, -0.2) is 47.2 Å². The van der Waals surface area contributed by atoms with Gasteiger partial charge in [-0.3, -0.25) is 9.59 Å². The number of hydrogen-bond acceptors (Lipinski definition) is 8. The Labute approximate surface area is 230 Å². The Morgan fingerprint density at radius 2 is 1.75 bits per heavy atom. The highest BCUT2D eigenvalue weighted by Gasteiger charge is 2.34. The molecule has 4 aromatic rings. The fraction of sp³-hybridized carbons (Fsp3) is 0.323. The fourth-order valence-corrected chi connectivity index (χ4v) is 5.68. The molecule has 1 saturated carbocycles. The number of aliphatic hydroxyl groups excluding tert-OH is 1. The molecule has 0 radical (unpaired) electrons. The molecular formula is C31H31N3O6. The van der Waals surface area contributed by atoms with Crippen molar-refractivity contribution in [3.05, 3.63) is 81.7 Å². The van der Waals surface area contributed by atoms with E-state index in [1.807, 2.05) is 25.1 Å². The molecule has 2 aliphatic rings. The number of ether oxygens (including phenoxy) is 1. The molecule has 0 spiro atoms. The Morgan fingerprint density at radius 3 is 2.55 bits per heavy atom. The number of amides is 2. The van der Waals surface area contributed by atoms with Crippen molar-refractivity contribution >= 4 is 39.2 Å². The van der Waals surface area contributed by atoms with Crippen LogP contribution < -0.4 is 21.1 Å². The highest BCUT2D eigenvalue weighted by molar-refractivity contribution is 6.26. The summed E-state index contributed by atoms with van der Waals surface area (Å²) in [5.41, 5.74) is 5.34. The number of aliphatic hydroxyl groups is 1. The Hall–Kier alpha value is -4.21. The number of carbonyl (C=O) groups excluding carboxylic acids is 2. The average molecular weight is 542 g/mol. The molecule has 6 rings (SSSR count). The first kappa shape index (κ1) is 26.0. The van der Waals surface area contributed by atoms with E-state index in [4.69, 9.17) is 9.15 Å². The highest BCUT2D eigenvalue weighted by Crippen LogP contribution is 2.35. The van der Waals surface area contributed by atoms with E-state index >= 15 is 0 Å². The summed E-state index contributed by atoms with van der Waals surface area (Å²) in [5.74, 6) is -0.513. The van der Waals surface area contributed by atoms with Crippen molar-refractivity contribution < 1.29 is 23.8 Å². The Balaban J connectivity index is 1.13. The van der Waals surface area contributed by atoms with Gasteiger partial charge in [0, 0.05) is 46.6 Å². The fourth-order valence-electron chi connectivity index (χ4n) is 5.68. The lowest BCUT2D eigenvalue weighted by Gasteiger charge is -2.30. The van der Waals surface area contributed by atoms with E-state index in [0.717, 1.165) is 39.9 Å². The maximum Gasteiger partial charge on any atom is 0.336 e. The number of hydrazine groups is 1. The van der Waals surface area contributed by atoms with Gasteiger partial charge >= 0.3 is 5.63 Å². The molecule has 9 heteroatoms. The predicted octanol–water partition coefficient (Wildman–Crippen LogP) is 4.54. The minimum atomic E-state index is -1.03. The molecule has 1 atom stereocenters. The van der Waals surface area contributed by atoms with Crippen LogP contribution in [0.25, 0.3) is 21.7 Å². The van der Waals surface area contributed by atoms with Gasteiger partial charge in [0.1, 0.15) is 24.0 Å². The first-order chi connectivity index (χ1) is 19.4. The van der Waals surface area contributed by atoms with Gasteiger partial charge in [0.2, 0.25) is 0 Å². The molecule has 9 nitrogen and oxygen atoms in total. The Bertz CT molecular complexity index is 1650. The van der Waals surface area contributed by atoms with Crippen molar-refractivity contribution in [3.8, 4) is 5.75 Å². The van der Waals surface area contributed by atoms with Gasteiger partial charge < -0.3 is 19.6 Å². The van der Waals surface area contributed by atoms with E-state index in [0.29, 0.717) is 33.9 Å². The van der Waals surface area contributed by atoms with Crippen LogP contribution in [0.4, 0.5) is 5.69 Å². The average Bonchev–Trinajstić information content (AvgIpc) is 2.95. The van der Waals surface area contributed by atoms with E-state index in [2.05, 4.69) is 10.7 Å². The maximum atomic E-state index is 13.4. The lowest BCUT2D eigenvalue weighted by atomic mass is 9.92. The smallest absolute Gasteiger partial charge is 0.336 e. The Kier molecular flexibility index (Phi) is 7.00. The third-order valence-corrected chi connectivity index (χ3v) is 7.72. The molecule has 1 aliphatic carbocycles. The molecule has 3 N–H and O–H groups in total. The van der Waals surface area contributed by atoms with Crippen molar-refractivity contribution in [2.45, 2.75) is 51.2 Å². The molecule has 3 aromatic carbocycles. The number of imide groups is 1. The molecule has 0 bridgehead atoms. The molecule has 2 amide bonds. The lowest BCUT2D eigenvalue weighted by Crippen LogP contribution is -2.52. The zero-order valence-electron chi connectivity index (χ0n) is 22.2. The first-order valence-electron chi connectivity index (χ1n) is 13.7. The van der Waals surface area contributed by atoms with Crippen LogP contribution >= 0.6 is 0 Å². The highest BCUT2D eigenvalue weighted by atomic mass is 16.5. The lowest BCUT2D eigenvalue weighted by molar-refractivity contribution is 0.0433. The molecule has 1 unspecified atom stereocenters. The second-order valence-corrected chi connectivity index (χ2v) is 10.5. The third-order valence-electron chi connectivity index (χ3n) is 7.72. The quantitative estimate of drug-likeness (QED) is 0.220. The second-order valence-electron chi connectivity index (χ2n) is 10.5. The van der Waals surface area contributed by atoms with E-state index in [-0.39, 0.29) is 13.2 Å². The number of carbonyl (C=O) groups is 2. The van der Waals surface area contributed by atoms with E-state index < -0.39 is 23.5 Å². The van der Waals surface area contributed by atoms with Gasteiger partial charge in [-0.1, -0.05) is 31.4 Å². The topological polar surface area (TPSA) is 121 Å². The van der Waals surface area contributed by atoms with Crippen molar-refractivity contribution in [2.24, 2.45) is 0 Å². The minimum absolute atomic E-state index is 0.0914. The summed E-state index contributed by atoms with van der Waals surface area (Å²) in [6, 6.07) is 16.1. The first-order valence-corrected chi connectivity index (χ1v) is 13.7. The van der Waals surface area contributed by atoms with Crippen molar-refractivity contribution in [2.75, 3.05) is 18.5 Å². The van der Waals surface area contributed by atoms with Gasteiger partial charge in [-0.25, -0.2) is 15.2 Å². The molecule has 40 heavy (non-hydrogen) atoms. The summed E-state index contributed by atoms with van der Waals surface area (Å²) in [6.07, 6.45) is 4.86. The zero-order chi connectivity index (χ0) is 27.8. The molecule has 206 valence electrons. The maximum absolute atomic E-state index is 13.4. The van der Waals surface area contributed by atoms with Gasteiger partial charge in [-0.05, 0) is 55.7 Å². The summed E-state index contributed by atoms with van der Waals surface area (Å²) >= 11 is 0. The zero-order valence-corrected chi connectivity index (χ0v) is 22.2. The van der Waals surface area contributed by atoms with Gasteiger partial charge in [0.05, 0.1) is 11.1 Å². The third kappa shape index (κ3) is 4.94. The van der Waals surface area contributed by atoms with E-state index in [1.54, 1.807) is 30.3 Å². The molecule has 0 saturated heterocycles. The summed E-state index contributed by atoms with van der Waals surface area (Å²) < 4.78 is 10.9. The van der Waals surface area contributed by atoms with Crippen LogP contribution in [0.15, 0.2) is 63.8 Å². The number of nitrogens with zero attached hydrogens (tertiary/aromatic N) is 1. The number of fused-ring (bicyclic) bond motifs is 1. The monoisotopic (exact) mass is 541 g/mol. The predicted molar refractivity (Wildman–Crippen MR) is 152 cm³/mol. The van der Waals surface area contributed by atoms with Crippen LogP contribution in [0, 0.1) is 6.92 Å². The van der Waals surface area contributed by atoms with Crippen LogP contribution in [0.3, 0.4) is 0 Å². The summed E-state index contributed by atoms with van der Waals surface area (Å²) in [5, 5.41) is 17.4. The van der Waals surface area contributed by atoms with Gasteiger partial charge in [-0.2, -0.15) is 0 Å². The van der Waals surface area contributed by atoms with Crippen LogP contribution in [-0.2, 0) is 0 Å². The van der Waals surface area contributed by atoms with Gasteiger partial charge in [-0.15, -0.1) is 0 Å². The SMILES string of the molecule is Cc1cc(=O)oc2cc(OCC(O)CNN3C(=O)c4cccc5c(NC6CCCCC6)ccc(c45)C3=O)ccc12. The van der Waals surface area contributed by atoms with Gasteiger partial charge in [0.15, 0.2) is 0 Å². The van der Waals surface area contributed by atoms with E-state index in [1.165, 1.54) is 25.3 Å². The number of nitrogens with one attached hydrogen (secondary N) is 2. The van der Waals surface area contributed by atoms with Crippen LogP contribution in [0.2, 0.25) is 0 Å². The minimum Gasteiger partial charge on any atom is -0.491 e. The number of aryl methyl sites for hydroxylation is 1. The number of anilines is 1. The number of rotatable bonds is 8. The van der Waals surface area contributed by atoms with Crippen molar-refractivity contribution in [1.82, 2.24) is 10.4 Å². The second kappa shape index (κ2) is 10.7. The summed E-state index contributed by atoms with van der Waals surface area (Å²) in [7, 11) is 0. The van der Waals surface area contributed by atoms with E-state index in [9.17, 15) is 19.5 Å². The van der Waals surface area contributed by atoms with Crippen LogP contribution in [0.5, 0.6) is 5.75 Å². The van der Waals surface area contributed by atoms with Crippen LogP contribution in [0.1, 0.15) is 58.4 Å². The van der Waals surface area contributed by atoms with Crippen molar-refractivity contribution in [1.29, 1.82) is 0 Å². The number of hydrogen-bond donors (Lipinski definition) is 3. The largest absolute Gasteiger partial charge is 0.491 e. The molecule has 1 fully saturated rings. The molecule has 1 aromatic heterocycles. The number of benzene rings is 3. The molecule has 2 heterocycles. The Morgan fingerprint density at radius 1 is 0.975 bits per heavy atom.